The number of unbranched alkanes of at least 4 members (excludes halogenated alkanes) is 18. The fraction of sp³-hybridized carbons (Fsp3) is 1.00. The first-order valence-corrected chi connectivity index (χ1v) is 15.9. The standard InChI is InChI=1S/C26H56N.C2H6O4S/c1-5-7-9-11-13-15-17-19-21-23-25-27(3,4)26-24-22-20-18-16-14-12-10-8-6-2;1-2-6-7(3,4)5/h5-26H2,1-4H3;2H2,1H3,(H,3,4,5)/q+1;/p-1. The smallest absolute Gasteiger partial charge is 0.217 e. The summed E-state index contributed by atoms with van der Waals surface area (Å²) in [4.78, 5) is 0. The summed E-state index contributed by atoms with van der Waals surface area (Å²) in [5.41, 5.74) is 0. The van der Waals surface area contributed by atoms with Gasteiger partial charge >= 0.3 is 0 Å². The summed E-state index contributed by atoms with van der Waals surface area (Å²) in [6.45, 7) is 8.70. The van der Waals surface area contributed by atoms with E-state index >= 15 is 0 Å². The highest BCUT2D eigenvalue weighted by Crippen LogP contribution is 2.14. The van der Waals surface area contributed by atoms with Crippen LogP contribution in [-0.4, -0.2) is 51.2 Å². The molecule has 0 aromatic rings. The Labute approximate surface area is 215 Å². The van der Waals surface area contributed by atoms with E-state index in [9.17, 15) is 13.0 Å². The molecule has 34 heavy (non-hydrogen) atoms. The molecule has 6 heteroatoms. The molecule has 5 nitrogen and oxygen atoms in total. The maximum atomic E-state index is 9.45. The van der Waals surface area contributed by atoms with Gasteiger partial charge in [0.15, 0.2) is 0 Å². The van der Waals surface area contributed by atoms with Crippen LogP contribution in [0.3, 0.4) is 0 Å². The molecule has 0 aromatic carbocycles. The van der Waals surface area contributed by atoms with Crippen molar-refractivity contribution in [2.24, 2.45) is 0 Å². The second-order valence-corrected chi connectivity index (χ2v) is 11.6. The molecule has 0 aliphatic rings. The molecule has 0 saturated heterocycles. The summed E-state index contributed by atoms with van der Waals surface area (Å²) in [5, 5.41) is 0. The Morgan fingerprint density at radius 3 is 1.00 bits per heavy atom. The lowest BCUT2D eigenvalue weighted by Gasteiger charge is -2.30. The third-order valence-corrected chi connectivity index (χ3v) is 7.02. The van der Waals surface area contributed by atoms with Gasteiger partial charge in [0.25, 0.3) is 0 Å². The fourth-order valence-corrected chi connectivity index (χ4v) is 4.60. The summed E-state index contributed by atoms with van der Waals surface area (Å²) in [7, 11) is 0.468. The molecular formula is C28H61NO4S. The Balaban J connectivity index is 0. The van der Waals surface area contributed by atoms with Crippen molar-refractivity contribution in [1.82, 2.24) is 0 Å². The highest BCUT2D eigenvalue weighted by Gasteiger charge is 2.13. The van der Waals surface area contributed by atoms with Gasteiger partial charge in [-0.3, -0.25) is 4.18 Å². The lowest BCUT2D eigenvalue weighted by molar-refractivity contribution is -0.890. The Kier molecular flexibility index (Phi) is 27.4. The van der Waals surface area contributed by atoms with Crippen molar-refractivity contribution in [1.29, 1.82) is 0 Å². The Bertz CT molecular complexity index is 469. The molecule has 0 amide bonds. The van der Waals surface area contributed by atoms with Gasteiger partial charge in [0.2, 0.25) is 10.4 Å². The molecule has 0 spiro atoms. The number of quaternary nitrogens is 1. The number of nitrogens with zero attached hydrogens (tertiary/aromatic N) is 1. The minimum absolute atomic E-state index is 0.0914. The SMILES string of the molecule is CCCCCCCCCCCC[N+](C)(C)CCCCCCCCCCCC.CCOS(=O)(=O)[O-]. The van der Waals surface area contributed by atoms with Gasteiger partial charge in [-0.1, -0.05) is 117 Å². The minimum atomic E-state index is -4.42. The predicted molar refractivity (Wildman–Crippen MR) is 147 cm³/mol. The van der Waals surface area contributed by atoms with Crippen LogP contribution in [0.15, 0.2) is 0 Å². The van der Waals surface area contributed by atoms with Crippen molar-refractivity contribution < 1.29 is 21.6 Å². The van der Waals surface area contributed by atoms with Crippen LogP contribution >= 0.6 is 0 Å². The first-order chi connectivity index (χ1) is 16.2. The molecule has 0 bridgehead atoms. The van der Waals surface area contributed by atoms with Crippen molar-refractivity contribution in [3.05, 3.63) is 0 Å². The van der Waals surface area contributed by atoms with Gasteiger partial charge in [-0.25, -0.2) is 8.42 Å². The monoisotopic (exact) mass is 507 g/mol. The van der Waals surface area contributed by atoms with Crippen molar-refractivity contribution in [3.8, 4) is 0 Å². The largest absolute Gasteiger partial charge is 0.726 e. The van der Waals surface area contributed by atoms with Crippen LogP contribution < -0.4 is 0 Å². The zero-order valence-corrected chi connectivity index (χ0v) is 24.6. The maximum Gasteiger partial charge on any atom is 0.217 e. The third-order valence-electron chi connectivity index (χ3n) is 6.50. The highest BCUT2D eigenvalue weighted by molar-refractivity contribution is 7.80. The molecule has 0 radical (unpaired) electrons. The maximum absolute atomic E-state index is 9.45. The van der Waals surface area contributed by atoms with Crippen LogP contribution in [0.2, 0.25) is 0 Å². The molecule has 0 rings (SSSR count). The van der Waals surface area contributed by atoms with E-state index < -0.39 is 10.4 Å². The first-order valence-electron chi connectivity index (χ1n) is 14.6. The van der Waals surface area contributed by atoms with E-state index in [1.165, 1.54) is 153 Å². The average molecular weight is 508 g/mol. The number of hydrogen-bond acceptors (Lipinski definition) is 4. The average Bonchev–Trinajstić information content (AvgIpc) is 2.76. The summed E-state index contributed by atoms with van der Waals surface area (Å²) in [6, 6.07) is 0. The summed E-state index contributed by atoms with van der Waals surface area (Å²) in [6.07, 6.45) is 29.0. The second-order valence-electron chi connectivity index (χ2n) is 10.6. The Morgan fingerprint density at radius 2 is 0.794 bits per heavy atom. The van der Waals surface area contributed by atoms with E-state index in [4.69, 9.17) is 0 Å². The summed E-state index contributed by atoms with van der Waals surface area (Å²) in [5.74, 6) is 0. The summed E-state index contributed by atoms with van der Waals surface area (Å²) < 4.78 is 33.3. The molecule has 0 saturated carbocycles. The van der Waals surface area contributed by atoms with Crippen LogP contribution in [0.5, 0.6) is 0 Å². The van der Waals surface area contributed by atoms with Gasteiger partial charge in [0.05, 0.1) is 33.8 Å². The molecule has 208 valence electrons. The topological polar surface area (TPSA) is 66.4 Å². The molecule has 0 aliphatic carbocycles. The molecule has 0 fully saturated rings. The fourth-order valence-electron chi connectivity index (χ4n) is 4.31. The van der Waals surface area contributed by atoms with Crippen molar-refractivity contribution in [2.45, 2.75) is 149 Å². The van der Waals surface area contributed by atoms with E-state index in [0.29, 0.717) is 0 Å². The van der Waals surface area contributed by atoms with Crippen LogP contribution in [-0.2, 0) is 14.6 Å². The number of hydrogen-bond donors (Lipinski definition) is 0. The predicted octanol–water partition coefficient (Wildman–Crippen LogP) is 8.39. The Hall–Kier alpha value is -0.170. The van der Waals surface area contributed by atoms with Crippen LogP contribution in [0, 0.1) is 0 Å². The molecule has 0 unspecified atom stereocenters. The minimum Gasteiger partial charge on any atom is -0.726 e. The van der Waals surface area contributed by atoms with Crippen LogP contribution in [0.4, 0.5) is 0 Å². The molecule has 0 aliphatic heterocycles. The van der Waals surface area contributed by atoms with Gasteiger partial charge in [-0.05, 0) is 32.6 Å². The van der Waals surface area contributed by atoms with E-state index in [1.54, 1.807) is 0 Å². The van der Waals surface area contributed by atoms with Crippen molar-refractivity contribution >= 4 is 10.4 Å². The lowest BCUT2D eigenvalue weighted by atomic mass is 10.1. The van der Waals surface area contributed by atoms with E-state index in [2.05, 4.69) is 32.1 Å². The van der Waals surface area contributed by atoms with Gasteiger partial charge in [-0.15, -0.1) is 0 Å². The number of rotatable bonds is 24. The third kappa shape index (κ3) is 34.0. The normalized spacial score (nSPS) is 11.9. The zero-order chi connectivity index (χ0) is 26.0. The van der Waals surface area contributed by atoms with Gasteiger partial charge in [0.1, 0.15) is 0 Å². The molecule has 0 N–H and O–H groups in total. The van der Waals surface area contributed by atoms with Gasteiger partial charge in [-0.2, -0.15) is 0 Å². The van der Waals surface area contributed by atoms with E-state index in [1.807, 2.05) is 0 Å². The zero-order valence-electron chi connectivity index (χ0n) is 23.8. The molecule has 0 heterocycles. The van der Waals surface area contributed by atoms with Crippen molar-refractivity contribution in [2.75, 3.05) is 33.8 Å². The Morgan fingerprint density at radius 1 is 0.529 bits per heavy atom. The lowest BCUT2D eigenvalue weighted by Crippen LogP contribution is -2.41. The molecule has 0 aromatic heterocycles. The van der Waals surface area contributed by atoms with Gasteiger partial charge < -0.3 is 9.04 Å². The van der Waals surface area contributed by atoms with E-state index in [-0.39, 0.29) is 6.61 Å². The van der Waals surface area contributed by atoms with E-state index in [0.717, 1.165) is 0 Å². The summed E-state index contributed by atoms with van der Waals surface area (Å²) >= 11 is 0. The quantitative estimate of drug-likeness (QED) is 0.0569. The van der Waals surface area contributed by atoms with Crippen LogP contribution in [0.25, 0.3) is 0 Å². The highest BCUT2D eigenvalue weighted by atomic mass is 32.3. The first kappa shape index (κ1) is 36.0. The second kappa shape index (κ2) is 25.9. The van der Waals surface area contributed by atoms with Crippen LogP contribution in [0.1, 0.15) is 149 Å². The van der Waals surface area contributed by atoms with Gasteiger partial charge in [0, 0.05) is 0 Å². The van der Waals surface area contributed by atoms with Crippen molar-refractivity contribution in [3.63, 3.8) is 0 Å². The molecular weight excluding hydrogens is 446 g/mol. The molecule has 0 atom stereocenters.